The second-order valence-corrected chi connectivity index (χ2v) is 21.1. The Morgan fingerprint density at radius 2 is 0.978 bits per heavy atom. The fourth-order valence-electron chi connectivity index (χ4n) is 2.24. The summed E-state index contributed by atoms with van der Waals surface area (Å²) >= 11 is 3.26. The maximum Gasteiger partial charge on any atom is 1.00 e. The monoisotopic (exact) mass is 768 g/mol. The van der Waals surface area contributed by atoms with Crippen LogP contribution in [0.1, 0.15) is 50.6 Å². The average Bonchev–Trinajstić information content (AvgIpc) is 3.01. The van der Waals surface area contributed by atoms with Gasteiger partial charge in [-0.15, -0.1) is 23.4 Å². The van der Waals surface area contributed by atoms with Crippen molar-refractivity contribution in [3.8, 4) is 35.3 Å². The Kier molecular flexibility index (Phi) is 35.2. The summed E-state index contributed by atoms with van der Waals surface area (Å²) in [6.45, 7) is 14.7. The van der Waals surface area contributed by atoms with Gasteiger partial charge in [-0.05, 0) is 43.3 Å². The van der Waals surface area contributed by atoms with Crippen molar-refractivity contribution in [2.75, 3.05) is 0 Å². The van der Waals surface area contributed by atoms with Crippen molar-refractivity contribution < 1.29 is 134 Å². The van der Waals surface area contributed by atoms with Crippen LogP contribution in [0.3, 0.4) is 0 Å². The Bertz CT molecular complexity index is 1460. The molecule has 0 heterocycles. The molecular weight excluding hydrogens is 731 g/mol. The van der Waals surface area contributed by atoms with Crippen molar-refractivity contribution in [3.05, 3.63) is 105 Å². The Morgan fingerprint density at radius 3 is 1.22 bits per heavy atom. The Balaban J connectivity index is -0.000000162. The van der Waals surface area contributed by atoms with Crippen LogP contribution in [0.5, 0.6) is 0 Å². The summed E-state index contributed by atoms with van der Waals surface area (Å²) in [4.78, 5) is 42.0. The number of hydrogen-bond donors (Lipinski definition) is 0. The minimum atomic E-state index is -1.29. The topological polar surface area (TPSA) is 101 Å². The van der Waals surface area contributed by atoms with Crippen LogP contribution in [0.25, 0.3) is 0 Å². The molecule has 0 saturated heterocycles. The van der Waals surface area contributed by atoms with E-state index in [9.17, 15) is 14.4 Å². The van der Waals surface area contributed by atoms with Crippen molar-refractivity contribution in [2.45, 2.75) is 46.2 Å². The van der Waals surface area contributed by atoms with Gasteiger partial charge in [0.05, 0.1) is 0 Å². The molecule has 0 atom stereocenters. The molecule has 0 N–H and O–H groups in total. The number of carbonyl (C=O) groups excluding carboxylic acids is 4. The van der Waals surface area contributed by atoms with Gasteiger partial charge in [-0.3, -0.25) is 19.2 Å². The first-order valence-electron chi connectivity index (χ1n) is 13.2. The fourth-order valence-corrected chi connectivity index (χ4v) is 3.02. The van der Waals surface area contributed by atoms with E-state index in [1.54, 1.807) is 43.3 Å². The van der Waals surface area contributed by atoms with E-state index in [2.05, 4.69) is 88.9 Å². The average molecular weight is 770 g/mol. The molecule has 0 spiro atoms. The zero-order valence-electron chi connectivity index (χ0n) is 29.1. The summed E-state index contributed by atoms with van der Waals surface area (Å²) in [5.74, 6) is 8.81. The van der Waals surface area contributed by atoms with Crippen molar-refractivity contribution in [1.82, 2.24) is 0 Å². The van der Waals surface area contributed by atoms with Gasteiger partial charge in [-0.2, -0.15) is 0 Å². The zero-order valence-corrected chi connectivity index (χ0v) is 38.0. The van der Waals surface area contributed by atoms with Gasteiger partial charge in [-0.1, -0.05) is 103 Å². The van der Waals surface area contributed by atoms with Crippen molar-refractivity contribution in [2.24, 2.45) is 0 Å². The van der Waals surface area contributed by atoms with Gasteiger partial charge in [0.2, 0.25) is 0 Å². The molecule has 3 rings (SSSR count). The molecule has 6 nitrogen and oxygen atoms in total. The maximum absolute atomic E-state index is 10.4. The van der Waals surface area contributed by atoms with E-state index in [0.717, 1.165) is 34.5 Å². The molecule has 0 unspecified atom stereocenters. The molecule has 0 amide bonds. The van der Waals surface area contributed by atoms with Crippen LogP contribution < -0.4 is 108 Å². The molecule has 3 aromatic carbocycles. The summed E-state index contributed by atoms with van der Waals surface area (Å²) < 4.78 is 0.994. The predicted molar refractivity (Wildman–Crippen MR) is 186 cm³/mol. The number of hydrogen-bond acceptors (Lipinski definition) is 6. The van der Waals surface area contributed by atoms with E-state index >= 15 is 0 Å². The minimum Gasteiger partial charge on any atom is -1.00 e. The minimum absolute atomic E-state index is 0. The predicted octanol–water partition coefficient (Wildman–Crippen LogP) is 0.912. The molecule has 46 heavy (non-hydrogen) atoms. The Morgan fingerprint density at radius 1 is 0.674 bits per heavy atom. The number of aldehydes is 3. The molecular formula is C35H39BrK2O6Si2. The molecule has 11 heteroatoms. The molecule has 0 aliphatic heterocycles. The number of rotatable bonds is 4. The van der Waals surface area contributed by atoms with Crippen LogP contribution in [-0.4, -0.2) is 41.5 Å². The van der Waals surface area contributed by atoms with E-state index in [1.807, 2.05) is 36.4 Å². The molecule has 3 aromatic rings. The van der Waals surface area contributed by atoms with Gasteiger partial charge in [0, 0.05) is 32.3 Å². The third kappa shape index (κ3) is 32.9. The molecule has 0 fully saturated rings. The van der Waals surface area contributed by atoms with Gasteiger partial charge in [0.1, 0.15) is 35.0 Å². The van der Waals surface area contributed by atoms with Crippen molar-refractivity contribution in [1.29, 1.82) is 0 Å². The summed E-state index contributed by atoms with van der Waals surface area (Å²) in [5, 5.41) is 8.43. The second kappa shape index (κ2) is 31.2. The number of terminal acetylenes is 1. The van der Waals surface area contributed by atoms with Crippen LogP contribution in [-0.2, 0) is 9.68 Å². The zero-order chi connectivity index (χ0) is 34.0. The number of halogens is 1. The van der Waals surface area contributed by atoms with Crippen LogP contribution in [0, 0.1) is 35.3 Å². The normalized spacial score (nSPS) is 8.61. The summed E-state index contributed by atoms with van der Waals surface area (Å²) in [6.07, 6.45) is 7.61. The molecule has 0 aliphatic rings. The molecule has 0 saturated carbocycles. The van der Waals surface area contributed by atoms with Gasteiger partial charge in [0.15, 0.2) is 0 Å². The van der Waals surface area contributed by atoms with E-state index in [4.69, 9.17) is 16.5 Å². The van der Waals surface area contributed by atoms with E-state index in [0.29, 0.717) is 16.7 Å². The van der Waals surface area contributed by atoms with Crippen molar-refractivity contribution >= 4 is 57.4 Å². The Hall–Kier alpha value is -1.03. The molecule has 0 aromatic heterocycles. The second-order valence-electron chi connectivity index (χ2n) is 10.6. The first-order chi connectivity index (χ1) is 20.7. The molecule has 0 radical (unpaired) electrons. The summed E-state index contributed by atoms with van der Waals surface area (Å²) in [6, 6.07) is 21.7. The molecule has 232 valence electrons. The molecule has 0 aliphatic carbocycles. The third-order valence-corrected chi connectivity index (χ3v) is 6.69. The first-order valence-corrected chi connectivity index (χ1v) is 20.9. The molecule has 0 bridgehead atoms. The van der Waals surface area contributed by atoms with Crippen LogP contribution in [0.15, 0.2) is 77.3 Å². The van der Waals surface area contributed by atoms with Gasteiger partial charge in [-0.25, -0.2) is 0 Å². The van der Waals surface area contributed by atoms with Gasteiger partial charge < -0.3 is 11.6 Å². The smallest absolute Gasteiger partial charge is 1.00 e. The van der Waals surface area contributed by atoms with Crippen LogP contribution >= 0.6 is 15.9 Å². The summed E-state index contributed by atoms with van der Waals surface area (Å²) in [5.41, 5.74) is 10.0. The van der Waals surface area contributed by atoms with E-state index < -0.39 is 16.1 Å². The van der Waals surface area contributed by atoms with Crippen molar-refractivity contribution in [3.63, 3.8) is 0 Å². The van der Waals surface area contributed by atoms with Gasteiger partial charge >= 0.3 is 103 Å². The Labute approximate surface area is 371 Å². The summed E-state index contributed by atoms with van der Waals surface area (Å²) in [7, 11) is -2.40. The standard InChI is InChI=1S/C12H14OSi.C10H8O.C7H5BrO.C5H10Si.CH2O3.2K.H/c1-14(2,3)9-8-11-4-6-12(10-13)7-5-11;1-2-3-9-4-6-10(8-11)7-5-9;8-7-3-1-6(5-9)2-4-7;1-5-6(2,3)4;2-1-4-3;;;/h4-7,10H,1-3H3;4-8H,1H3;1-5H;1H,2-4H3;1,3H;;;/q;;;;;2*+1;-1/p-1. The maximum atomic E-state index is 10.4. The first kappa shape index (κ1) is 51.8. The van der Waals surface area contributed by atoms with E-state index in [-0.39, 0.29) is 111 Å². The fraction of sp³-hybridized carbons (Fsp3) is 0.200. The SMILES string of the molecule is C#C[Si](C)(C)C.CC#Cc1ccc(C=O)cc1.C[Si](C)(C)C#Cc1ccc(C=O)cc1.O=CO[O-].O=Cc1ccc(Br)cc1.[H-].[K+].[K+]. The quantitative estimate of drug-likeness (QED) is 0.129. The number of benzene rings is 3. The van der Waals surface area contributed by atoms with Gasteiger partial charge in [0.25, 0.3) is 6.47 Å². The largest absolute Gasteiger partial charge is 1.00 e. The van der Waals surface area contributed by atoms with Crippen LogP contribution in [0.4, 0.5) is 0 Å². The number of carbonyl (C=O) groups is 4. The van der Waals surface area contributed by atoms with E-state index in [1.165, 1.54) is 0 Å². The third-order valence-electron chi connectivity index (χ3n) is 4.42. The van der Waals surface area contributed by atoms with Crippen LogP contribution in [0.2, 0.25) is 39.3 Å².